The van der Waals surface area contributed by atoms with Gasteiger partial charge in [-0.2, -0.15) is 31.4 Å². The van der Waals surface area contributed by atoms with Crippen LogP contribution in [0.15, 0.2) is 59.9 Å². The van der Waals surface area contributed by atoms with Gasteiger partial charge in [0.1, 0.15) is 35.0 Å². The molecule has 0 saturated carbocycles. The Morgan fingerprint density at radius 1 is 0.871 bits per heavy atom. The van der Waals surface area contributed by atoms with E-state index in [1.165, 1.54) is 12.5 Å². The number of amides is 4. The first-order valence-corrected chi connectivity index (χ1v) is 20.5. The number of piperidine rings is 2. The molecule has 8 rings (SSSR count). The van der Waals surface area contributed by atoms with Crippen molar-refractivity contribution in [2.24, 2.45) is 0 Å². The number of halogens is 7. The molecule has 6 heterocycles. The second-order valence-electron chi connectivity index (χ2n) is 15.0. The normalized spacial score (nSPS) is 19.6. The first kappa shape index (κ1) is 44.3. The Kier molecular flexibility index (Phi) is 12.8. The lowest BCUT2D eigenvalue weighted by Gasteiger charge is -2.36. The molecule has 2 aromatic carbocycles. The number of piperazine rings is 1. The van der Waals surface area contributed by atoms with E-state index in [-0.39, 0.29) is 35.2 Å². The first-order chi connectivity index (χ1) is 29.4. The van der Waals surface area contributed by atoms with Crippen molar-refractivity contribution in [3.63, 3.8) is 0 Å². The number of carbonyl (C=O) groups is 4. The zero-order chi connectivity index (χ0) is 44.5. The van der Waals surface area contributed by atoms with Gasteiger partial charge < -0.3 is 10.6 Å². The fourth-order valence-electron chi connectivity index (χ4n) is 7.64. The van der Waals surface area contributed by atoms with Crippen molar-refractivity contribution in [1.29, 1.82) is 0 Å². The summed E-state index contributed by atoms with van der Waals surface area (Å²) < 4.78 is 106. The number of anilines is 2. The summed E-state index contributed by atoms with van der Waals surface area (Å²) in [6, 6.07) is 9.29. The summed E-state index contributed by atoms with van der Waals surface area (Å²) in [6.07, 6.45) is -3.78. The van der Waals surface area contributed by atoms with Gasteiger partial charge in [0.2, 0.25) is 17.8 Å². The predicted octanol–water partition coefficient (Wildman–Crippen LogP) is 4.56. The van der Waals surface area contributed by atoms with Crippen molar-refractivity contribution >= 4 is 46.3 Å². The lowest BCUT2D eigenvalue weighted by molar-refractivity contribution is -0.142. The summed E-state index contributed by atoms with van der Waals surface area (Å²) >= 11 is 0. The van der Waals surface area contributed by atoms with Crippen molar-refractivity contribution in [2.75, 3.05) is 49.9 Å². The summed E-state index contributed by atoms with van der Waals surface area (Å²) in [5, 5.41) is 5.52. The lowest BCUT2D eigenvalue weighted by atomic mass is 10.0. The molecule has 4 aliphatic heterocycles. The van der Waals surface area contributed by atoms with E-state index >= 15 is 4.39 Å². The van der Waals surface area contributed by atoms with E-state index in [1.54, 1.807) is 0 Å². The number of imide groups is 2. The van der Waals surface area contributed by atoms with Crippen LogP contribution in [-0.4, -0.2) is 113 Å². The van der Waals surface area contributed by atoms with Crippen LogP contribution in [-0.2, 0) is 39.8 Å². The Morgan fingerprint density at radius 3 is 2.23 bits per heavy atom. The van der Waals surface area contributed by atoms with Crippen LogP contribution in [0.4, 0.5) is 42.4 Å². The van der Waals surface area contributed by atoms with Gasteiger partial charge in [-0.05, 0) is 49.1 Å². The molecular weight excluding hydrogens is 854 g/mol. The van der Waals surface area contributed by atoms with Gasteiger partial charge in [0.25, 0.3) is 11.8 Å². The number of fused-ring (bicyclic) bond motifs is 1. The second-order valence-corrected chi connectivity index (χ2v) is 16.5. The van der Waals surface area contributed by atoms with Crippen LogP contribution < -0.4 is 16.0 Å². The predicted molar refractivity (Wildman–Crippen MR) is 208 cm³/mol. The maximum atomic E-state index is 15.3. The number of carbonyl (C=O) groups excluding carboxylic acids is 4. The Bertz CT molecular complexity index is 2400. The minimum absolute atomic E-state index is 0.0221. The highest BCUT2D eigenvalue weighted by molar-refractivity contribution is 7.82. The molecule has 4 aromatic rings. The number of nitrogens with zero attached hydrogens (tertiary/aromatic N) is 8. The minimum Gasteiger partial charge on any atom is -0.368 e. The number of nitrogens with two attached hydrogens (primary N) is 1. The molecule has 0 bridgehead atoms. The van der Waals surface area contributed by atoms with E-state index in [0.29, 0.717) is 43.6 Å². The van der Waals surface area contributed by atoms with E-state index < -0.39 is 82.6 Å². The number of hydrogen-bond acceptors (Lipinski definition) is 11. The van der Waals surface area contributed by atoms with E-state index in [0.717, 1.165) is 59.8 Å². The number of nitrogens with one attached hydrogen (secondary N) is 1. The first-order valence-electron chi connectivity index (χ1n) is 19.4. The van der Waals surface area contributed by atoms with Crippen molar-refractivity contribution < 1.29 is 54.1 Å². The van der Waals surface area contributed by atoms with Gasteiger partial charge in [-0.3, -0.25) is 39.0 Å². The summed E-state index contributed by atoms with van der Waals surface area (Å²) in [5.74, 6) is -3.55. The average Bonchev–Trinajstić information content (AvgIpc) is 3.77. The summed E-state index contributed by atoms with van der Waals surface area (Å²) in [5.41, 5.74) is 4.47. The number of nitrogen functional groups attached to an aromatic ring is 1. The molecule has 0 radical (unpaired) electrons. The summed E-state index contributed by atoms with van der Waals surface area (Å²) in [7, 11) is -1.16. The van der Waals surface area contributed by atoms with Gasteiger partial charge in [-0.25, -0.2) is 22.9 Å². The van der Waals surface area contributed by atoms with Crippen LogP contribution in [0.3, 0.4) is 0 Å². The fraction of sp³-hybridized carbons (Fsp3) is 0.410. The minimum atomic E-state index is -4.77. The largest absolute Gasteiger partial charge is 0.419 e. The standard InChI is InChI=1S/C29H32FN5O5S.C10H7F6N5/c30-23-16-21-22(29(39)35(28(21)38)24-7-8-26(36)31-27(24)37)17-25(23)33-13-11-32(12-14-33)18-19-5-4-6-20(15-19)41(40)34-9-2-1-3-10-34;11-9(12,13)4-21-3-5(1-19-21)7-6(10(14,15)16)2-18-8(17)20-7/h4-6,15-17,24H,1-3,7-14,18H2,(H,31,36,37);1-3H,4H2,(H2,17,18,20). The molecule has 4 aliphatic rings. The van der Waals surface area contributed by atoms with Crippen LogP contribution in [0.2, 0.25) is 0 Å². The molecular formula is C39H39F7N10O5S. The van der Waals surface area contributed by atoms with Gasteiger partial charge in [0, 0.05) is 70.2 Å². The molecule has 330 valence electrons. The number of alkyl halides is 6. The molecule has 3 fully saturated rings. The van der Waals surface area contributed by atoms with Gasteiger partial charge in [0.15, 0.2) is 0 Å². The highest BCUT2D eigenvalue weighted by atomic mass is 32.2. The second kappa shape index (κ2) is 17.9. The van der Waals surface area contributed by atoms with Gasteiger partial charge >= 0.3 is 12.4 Å². The molecule has 4 amide bonds. The Hall–Kier alpha value is -5.81. The van der Waals surface area contributed by atoms with Gasteiger partial charge in [-0.15, -0.1) is 0 Å². The van der Waals surface area contributed by atoms with Crippen LogP contribution in [0.25, 0.3) is 11.3 Å². The third kappa shape index (κ3) is 9.94. The Morgan fingerprint density at radius 2 is 1.56 bits per heavy atom. The monoisotopic (exact) mass is 892 g/mol. The molecule has 3 saturated heterocycles. The molecule has 0 aliphatic carbocycles. The van der Waals surface area contributed by atoms with Crippen molar-refractivity contribution in [2.45, 2.75) is 68.5 Å². The van der Waals surface area contributed by atoms with Crippen molar-refractivity contribution in [3.8, 4) is 11.3 Å². The molecule has 62 heavy (non-hydrogen) atoms. The average molecular weight is 893 g/mol. The Labute approximate surface area is 351 Å². The van der Waals surface area contributed by atoms with E-state index in [4.69, 9.17) is 5.73 Å². The number of rotatable bonds is 8. The number of hydrogen-bond donors (Lipinski definition) is 2. The highest BCUT2D eigenvalue weighted by Crippen LogP contribution is 2.36. The van der Waals surface area contributed by atoms with Crippen LogP contribution in [0.5, 0.6) is 0 Å². The van der Waals surface area contributed by atoms with E-state index in [1.807, 2.05) is 33.5 Å². The van der Waals surface area contributed by atoms with Crippen LogP contribution in [0.1, 0.15) is 63.9 Å². The molecule has 23 heteroatoms. The topological polar surface area (TPSA) is 180 Å². The van der Waals surface area contributed by atoms with Crippen molar-refractivity contribution in [3.05, 3.63) is 83.1 Å². The SMILES string of the molecule is Nc1ncc(C(F)(F)F)c(-c2cnn(CC(F)(F)F)c2)n1.O=C1CCC(N2C(=O)c3cc(F)c(N4CCN(Cc5cccc(S(=O)N6CCCCC6)c5)CC4)cc3C2=O)C(=O)N1. The molecule has 15 nitrogen and oxygen atoms in total. The lowest BCUT2D eigenvalue weighted by Crippen LogP contribution is -2.54. The molecule has 0 spiro atoms. The number of aromatic nitrogens is 4. The Balaban J connectivity index is 0.000000232. The third-order valence-electron chi connectivity index (χ3n) is 10.6. The maximum Gasteiger partial charge on any atom is 0.419 e. The quantitative estimate of drug-likeness (QED) is 0.187. The molecule has 2 atom stereocenters. The van der Waals surface area contributed by atoms with Gasteiger partial charge in [-0.1, -0.05) is 18.6 Å². The van der Waals surface area contributed by atoms with Crippen LogP contribution in [0, 0.1) is 5.82 Å². The smallest absolute Gasteiger partial charge is 0.368 e. The zero-order valence-electron chi connectivity index (χ0n) is 32.7. The maximum absolute atomic E-state index is 15.3. The van der Waals surface area contributed by atoms with Gasteiger partial charge in [0.05, 0.1) is 33.6 Å². The third-order valence-corrected chi connectivity index (χ3v) is 12.1. The van der Waals surface area contributed by atoms with Crippen molar-refractivity contribution in [1.82, 2.24) is 39.2 Å². The molecule has 2 unspecified atom stereocenters. The summed E-state index contributed by atoms with van der Waals surface area (Å²) in [4.78, 5) is 62.4. The number of benzene rings is 2. The molecule has 3 N–H and O–H groups in total. The summed E-state index contributed by atoms with van der Waals surface area (Å²) in [6.45, 7) is 3.33. The van der Waals surface area contributed by atoms with E-state index in [9.17, 15) is 49.7 Å². The molecule has 2 aromatic heterocycles. The highest BCUT2D eigenvalue weighted by Gasteiger charge is 2.45. The zero-order valence-corrected chi connectivity index (χ0v) is 33.5. The van der Waals surface area contributed by atoms with E-state index in [2.05, 4.69) is 25.3 Å². The fourth-order valence-corrected chi connectivity index (χ4v) is 8.97. The van der Waals surface area contributed by atoms with Crippen LogP contribution >= 0.6 is 0 Å².